The minimum absolute atomic E-state index is 0.0261. The first-order valence-corrected chi connectivity index (χ1v) is 27.1. The van der Waals surface area contributed by atoms with Crippen molar-refractivity contribution in [3.63, 3.8) is 0 Å². The molecule has 0 unspecified atom stereocenters. The predicted molar refractivity (Wildman–Crippen MR) is 326 cm³/mol. The zero-order chi connectivity index (χ0) is 53.0. The largest absolute Gasteiger partial charge is 0.457 e. The molecule has 0 saturated heterocycles. The first-order chi connectivity index (χ1) is 37.1. The first-order valence-electron chi connectivity index (χ1n) is 27.1. The zero-order valence-corrected chi connectivity index (χ0v) is 45.6. The van der Waals surface area contributed by atoms with Crippen LogP contribution in [0.3, 0.4) is 0 Å². The van der Waals surface area contributed by atoms with Gasteiger partial charge in [0.15, 0.2) is 0 Å². The van der Waals surface area contributed by atoms with E-state index in [0.29, 0.717) is 6.67 Å². The van der Waals surface area contributed by atoms with E-state index in [9.17, 15) is 0 Å². The maximum Gasteiger partial charge on any atom is 0.137 e. The molecular weight excluding hydrogens is 937 g/mol. The maximum atomic E-state index is 6.96. The lowest BCUT2D eigenvalue weighted by molar-refractivity contribution is 0.483. The number of hydrogen-bond acceptors (Lipinski definition) is 3. The summed E-state index contributed by atoms with van der Waals surface area (Å²) in [5.74, 6) is 2.41. The summed E-state index contributed by atoms with van der Waals surface area (Å²) in [4.78, 5) is 7.42. The molecule has 5 nitrogen and oxygen atoms in total. The van der Waals surface area contributed by atoms with E-state index < -0.39 is 0 Å². The van der Waals surface area contributed by atoms with Gasteiger partial charge >= 0.3 is 0 Å². The second-order valence-electron chi connectivity index (χ2n) is 24.1. The summed E-state index contributed by atoms with van der Waals surface area (Å²) in [6, 6.07) is 76.1. The summed E-state index contributed by atoms with van der Waals surface area (Å²) >= 11 is 0. The van der Waals surface area contributed by atoms with Gasteiger partial charge in [-0.2, -0.15) is 0 Å². The quantitative estimate of drug-likeness (QED) is 0.166. The van der Waals surface area contributed by atoms with E-state index in [1.54, 1.807) is 0 Å². The average molecular weight is 1000 g/mol. The van der Waals surface area contributed by atoms with Gasteiger partial charge in [-0.3, -0.25) is 4.57 Å². The third-order valence-electron chi connectivity index (χ3n) is 15.9. The van der Waals surface area contributed by atoms with E-state index in [1.807, 2.05) is 6.20 Å². The van der Waals surface area contributed by atoms with Crippen LogP contribution >= 0.6 is 0 Å². The Morgan fingerprint density at radius 3 is 1.69 bits per heavy atom. The van der Waals surface area contributed by atoms with Gasteiger partial charge < -0.3 is 14.2 Å². The fourth-order valence-electron chi connectivity index (χ4n) is 11.8. The number of fused-ring (bicyclic) bond motifs is 10. The molecule has 77 heavy (non-hydrogen) atoms. The standard InChI is InChI=1S/C72H64N4O/c1-70(2,3)49-35-36-73-67(42-49)76-64-31-18-17-29-59(64)60-34-33-54(44-66(60)76)77-53-24-19-23-52(43-53)74-45-75-68-62(48-37-47(46-21-11-10-12-22-46)38-50(39-48)71(4,5)6)40-51(72(7,8)9)41-63(68)58-28-16-14-26-56(58)55-25-13-15-27-57(55)61-30-20-32-65(74)69(61)75/h10-44H,45H2,1-9H3. The molecule has 0 atom stereocenters. The van der Waals surface area contributed by atoms with Gasteiger partial charge in [0, 0.05) is 51.1 Å². The van der Waals surface area contributed by atoms with E-state index in [1.165, 1.54) is 87.7 Å². The van der Waals surface area contributed by atoms with E-state index >= 15 is 0 Å². The lowest BCUT2D eigenvalue weighted by Crippen LogP contribution is -2.16. The molecule has 0 N–H and O–H groups in total. The molecule has 9 aromatic carbocycles. The highest BCUT2D eigenvalue weighted by Crippen LogP contribution is 2.47. The number of benzene rings is 9. The Labute approximate surface area is 452 Å². The van der Waals surface area contributed by atoms with Crippen LogP contribution < -0.4 is 9.64 Å². The van der Waals surface area contributed by atoms with Gasteiger partial charge in [0.05, 0.1) is 27.8 Å². The molecule has 5 heteroatoms. The highest BCUT2D eigenvalue weighted by Gasteiger charge is 2.28. The van der Waals surface area contributed by atoms with Crippen LogP contribution in [0.2, 0.25) is 0 Å². The van der Waals surface area contributed by atoms with Gasteiger partial charge in [-0.25, -0.2) is 4.98 Å². The van der Waals surface area contributed by atoms with Gasteiger partial charge in [-0.1, -0.05) is 190 Å². The zero-order valence-electron chi connectivity index (χ0n) is 45.6. The number of rotatable bonds is 6. The smallest absolute Gasteiger partial charge is 0.137 e. The van der Waals surface area contributed by atoms with Gasteiger partial charge in [0.1, 0.15) is 24.0 Å². The van der Waals surface area contributed by atoms with Crippen molar-refractivity contribution in [3.05, 3.63) is 229 Å². The molecule has 0 aliphatic carbocycles. The number of ether oxygens (including phenoxy) is 1. The summed E-state index contributed by atoms with van der Waals surface area (Å²) in [5, 5.41) is 9.62. The molecule has 1 aliphatic heterocycles. The summed E-state index contributed by atoms with van der Waals surface area (Å²) < 4.78 is 11.9. The van der Waals surface area contributed by atoms with Crippen molar-refractivity contribution in [2.75, 3.05) is 4.90 Å². The Balaban J connectivity index is 1.04. The van der Waals surface area contributed by atoms with Crippen LogP contribution in [-0.4, -0.2) is 14.1 Å². The Hall–Kier alpha value is -8.67. The molecule has 0 spiro atoms. The van der Waals surface area contributed by atoms with Crippen molar-refractivity contribution in [3.8, 4) is 39.6 Å². The van der Waals surface area contributed by atoms with E-state index in [0.717, 1.165) is 45.1 Å². The highest BCUT2D eigenvalue weighted by atomic mass is 16.5. The van der Waals surface area contributed by atoms with Crippen molar-refractivity contribution in [2.24, 2.45) is 0 Å². The third-order valence-corrected chi connectivity index (χ3v) is 15.9. The summed E-state index contributed by atoms with van der Waals surface area (Å²) in [5.41, 5.74) is 15.1. The van der Waals surface area contributed by atoms with Crippen molar-refractivity contribution in [1.82, 2.24) is 14.1 Å². The lowest BCUT2D eigenvalue weighted by Gasteiger charge is -2.25. The number of pyridine rings is 1. The van der Waals surface area contributed by atoms with Crippen LogP contribution in [-0.2, 0) is 22.9 Å². The topological polar surface area (TPSA) is 35.2 Å². The molecule has 0 amide bonds. The molecule has 13 rings (SSSR count). The third kappa shape index (κ3) is 8.37. The molecule has 0 fully saturated rings. The summed E-state index contributed by atoms with van der Waals surface area (Å²) in [6.45, 7) is 21.3. The minimum atomic E-state index is -0.144. The molecule has 0 saturated carbocycles. The van der Waals surface area contributed by atoms with Crippen molar-refractivity contribution >= 4 is 76.5 Å². The minimum Gasteiger partial charge on any atom is -0.457 e. The Morgan fingerprint density at radius 1 is 0.390 bits per heavy atom. The fourth-order valence-corrected chi connectivity index (χ4v) is 11.8. The van der Waals surface area contributed by atoms with E-state index in [-0.39, 0.29) is 16.2 Å². The van der Waals surface area contributed by atoms with Crippen LogP contribution in [0.15, 0.2) is 212 Å². The number of para-hydroxylation sites is 2. The average Bonchev–Trinajstić information content (AvgIpc) is 4.24. The molecule has 0 radical (unpaired) electrons. The van der Waals surface area contributed by atoms with Crippen LogP contribution in [0.5, 0.6) is 11.5 Å². The lowest BCUT2D eigenvalue weighted by atomic mass is 9.81. The molecule has 378 valence electrons. The Kier molecular flexibility index (Phi) is 11.2. The molecule has 3 aromatic heterocycles. The SMILES string of the molecule is CC(C)(C)c1cc(-c2ccccc2)cc(-c2cc(C(C)(C)C)cc3c4ccccc4c4ccccc4c4cccc5c4n(c23)CN5c2cccc(Oc3ccc4c5ccccc5n(-c5cc(C(C)(C)C)ccn5)c4c3)c2)c1. The van der Waals surface area contributed by atoms with Crippen molar-refractivity contribution < 1.29 is 4.74 Å². The molecule has 12 aromatic rings. The Bertz CT molecular complexity index is 4400. The van der Waals surface area contributed by atoms with Gasteiger partial charge in [-0.15, -0.1) is 0 Å². The van der Waals surface area contributed by atoms with Crippen LogP contribution in [0, 0.1) is 0 Å². The van der Waals surface area contributed by atoms with Crippen molar-refractivity contribution in [1.29, 1.82) is 0 Å². The van der Waals surface area contributed by atoms with Gasteiger partial charge in [0.25, 0.3) is 0 Å². The van der Waals surface area contributed by atoms with Gasteiger partial charge in [-0.05, 0) is 138 Å². The first kappa shape index (κ1) is 48.0. The number of nitrogens with zero attached hydrogens (tertiary/aromatic N) is 4. The monoisotopic (exact) mass is 1000 g/mol. The maximum absolute atomic E-state index is 6.96. The summed E-state index contributed by atoms with van der Waals surface area (Å²) in [7, 11) is 0. The van der Waals surface area contributed by atoms with E-state index in [2.05, 4.69) is 283 Å². The van der Waals surface area contributed by atoms with Crippen LogP contribution in [0.4, 0.5) is 11.4 Å². The predicted octanol–water partition coefficient (Wildman–Crippen LogP) is 19.8. The molecule has 4 heterocycles. The number of hydrogen-bond donors (Lipinski definition) is 0. The second-order valence-corrected chi connectivity index (χ2v) is 24.1. The number of anilines is 2. The molecule has 0 bridgehead atoms. The Morgan fingerprint density at radius 2 is 0.974 bits per heavy atom. The summed E-state index contributed by atoms with van der Waals surface area (Å²) in [6.07, 6.45) is 1.93. The number of aromatic nitrogens is 3. The second kappa shape index (κ2) is 18.0. The molecule has 1 aliphatic rings. The van der Waals surface area contributed by atoms with E-state index in [4.69, 9.17) is 9.72 Å². The van der Waals surface area contributed by atoms with Crippen LogP contribution in [0.25, 0.3) is 93.2 Å². The normalized spacial score (nSPS) is 12.9. The fraction of sp³-hybridized carbons (Fsp3) is 0.181. The van der Waals surface area contributed by atoms with Crippen LogP contribution in [0.1, 0.15) is 79.0 Å². The molecular formula is C72H64N4O. The van der Waals surface area contributed by atoms with Gasteiger partial charge in [0.2, 0.25) is 0 Å². The van der Waals surface area contributed by atoms with Crippen molar-refractivity contribution in [2.45, 2.75) is 85.2 Å². The highest BCUT2D eigenvalue weighted by molar-refractivity contribution is 6.22.